The number of hydrogen-bond donors (Lipinski definition) is 1. The van der Waals surface area contributed by atoms with Crippen molar-refractivity contribution in [3.8, 4) is 0 Å². The van der Waals surface area contributed by atoms with Crippen molar-refractivity contribution >= 4 is 29.9 Å². The van der Waals surface area contributed by atoms with E-state index in [4.69, 9.17) is 4.74 Å². The van der Waals surface area contributed by atoms with Gasteiger partial charge in [0.25, 0.3) is 0 Å². The van der Waals surface area contributed by atoms with Crippen LogP contribution in [0.3, 0.4) is 0 Å². The first-order chi connectivity index (χ1) is 10.5. The van der Waals surface area contributed by atoms with Gasteiger partial charge in [-0.1, -0.05) is 45.0 Å². The number of methoxy groups -OCH3 is 1. The number of guanidine groups is 1. The van der Waals surface area contributed by atoms with Gasteiger partial charge in [0.1, 0.15) is 0 Å². The van der Waals surface area contributed by atoms with E-state index in [1.54, 1.807) is 7.11 Å². The second-order valence-electron chi connectivity index (χ2n) is 6.96. The maximum Gasteiger partial charge on any atom is 0.194 e. The summed E-state index contributed by atoms with van der Waals surface area (Å²) in [6.07, 6.45) is 1.23. The van der Waals surface area contributed by atoms with Crippen LogP contribution in [0.1, 0.15) is 31.9 Å². The third kappa shape index (κ3) is 5.35. The molecule has 1 aliphatic heterocycles. The summed E-state index contributed by atoms with van der Waals surface area (Å²) in [6, 6.07) is 8.67. The molecule has 0 spiro atoms. The van der Waals surface area contributed by atoms with Gasteiger partial charge in [-0.3, -0.25) is 4.99 Å². The Morgan fingerprint density at radius 2 is 1.96 bits per heavy atom. The van der Waals surface area contributed by atoms with E-state index in [2.05, 4.69) is 60.2 Å². The second-order valence-corrected chi connectivity index (χ2v) is 6.96. The number of fused-ring (bicyclic) bond motifs is 1. The number of aliphatic imine (C=N–C) groups is 1. The van der Waals surface area contributed by atoms with E-state index in [9.17, 15) is 0 Å². The molecule has 0 saturated carbocycles. The summed E-state index contributed by atoms with van der Waals surface area (Å²) >= 11 is 0. The lowest BCUT2D eigenvalue weighted by atomic mass is 9.89. The Labute approximate surface area is 157 Å². The molecule has 1 N–H and O–H groups in total. The molecule has 23 heavy (non-hydrogen) atoms. The number of ether oxygens (including phenoxy) is 1. The summed E-state index contributed by atoms with van der Waals surface area (Å²) in [7, 11) is 3.62. The molecule has 1 aliphatic rings. The first kappa shape index (κ1) is 20.2. The highest BCUT2D eigenvalue weighted by Gasteiger charge is 2.25. The maximum atomic E-state index is 5.62. The molecule has 1 aromatic rings. The van der Waals surface area contributed by atoms with Crippen molar-refractivity contribution in [1.29, 1.82) is 0 Å². The Kier molecular flexibility index (Phi) is 7.80. The Bertz CT molecular complexity index is 525. The maximum absolute atomic E-state index is 5.62. The molecule has 0 aromatic heterocycles. The van der Waals surface area contributed by atoms with Crippen LogP contribution in [-0.4, -0.2) is 44.2 Å². The smallest absolute Gasteiger partial charge is 0.194 e. The molecular formula is C18H30IN3O. The monoisotopic (exact) mass is 431 g/mol. The highest BCUT2D eigenvalue weighted by Crippen LogP contribution is 2.22. The van der Waals surface area contributed by atoms with Crippen LogP contribution in [0.5, 0.6) is 0 Å². The summed E-state index contributed by atoms with van der Waals surface area (Å²) in [5.41, 5.74) is 2.96. The molecule has 1 unspecified atom stereocenters. The molecule has 0 bridgehead atoms. The van der Waals surface area contributed by atoms with E-state index in [1.165, 1.54) is 11.1 Å². The Hall–Kier alpha value is -0.820. The minimum atomic E-state index is 0. The molecule has 0 aliphatic carbocycles. The van der Waals surface area contributed by atoms with Crippen LogP contribution >= 0.6 is 24.0 Å². The van der Waals surface area contributed by atoms with Crippen LogP contribution in [0.4, 0.5) is 0 Å². The lowest BCUT2D eigenvalue weighted by Gasteiger charge is -2.34. The fraction of sp³-hybridized carbons (Fsp3) is 0.611. The minimum Gasteiger partial charge on any atom is -0.379 e. The third-order valence-electron chi connectivity index (χ3n) is 4.34. The average Bonchev–Trinajstić information content (AvgIpc) is 2.50. The van der Waals surface area contributed by atoms with Crippen LogP contribution in [0.25, 0.3) is 0 Å². The fourth-order valence-electron chi connectivity index (χ4n) is 2.94. The van der Waals surface area contributed by atoms with Crippen LogP contribution in [0.2, 0.25) is 0 Å². The van der Waals surface area contributed by atoms with Crippen molar-refractivity contribution in [2.45, 2.75) is 39.8 Å². The molecule has 0 amide bonds. The number of nitrogens with one attached hydrogen (secondary N) is 1. The van der Waals surface area contributed by atoms with Crippen molar-refractivity contribution in [2.75, 3.05) is 27.2 Å². The summed E-state index contributed by atoms with van der Waals surface area (Å²) in [4.78, 5) is 6.77. The van der Waals surface area contributed by atoms with Gasteiger partial charge in [0.05, 0.1) is 6.10 Å². The number of hydrogen-bond acceptors (Lipinski definition) is 2. The van der Waals surface area contributed by atoms with Crippen LogP contribution in [0.15, 0.2) is 29.3 Å². The number of rotatable bonds is 3. The van der Waals surface area contributed by atoms with Crippen molar-refractivity contribution < 1.29 is 4.74 Å². The van der Waals surface area contributed by atoms with Gasteiger partial charge >= 0.3 is 0 Å². The fourth-order valence-corrected chi connectivity index (χ4v) is 2.94. The quantitative estimate of drug-likeness (QED) is 0.454. The summed E-state index contributed by atoms with van der Waals surface area (Å²) < 4.78 is 5.62. The van der Waals surface area contributed by atoms with E-state index in [-0.39, 0.29) is 35.5 Å². The molecular weight excluding hydrogens is 401 g/mol. The largest absolute Gasteiger partial charge is 0.379 e. The zero-order chi connectivity index (χ0) is 16.2. The normalized spacial score (nSPS) is 16.4. The SMILES string of the molecule is CN=C(NCC(OC)C(C)(C)C)N1CCc2ccccc2C1.I. The topological polar surface area (TPSA) is 36.9 Å². The standard InChI is InChI=1S/C18H29N3O.HI/c1-18(2,3)16(22-5)12-20-17(19-4)21-11-10-14-8-6-7-9-15(14)13-21;/h6-9,16H,10-13H2,1-5H3,(H,19,20);1H. The predicted octanol–water partition coefficient (Wildman–Crippen LogP) is 3.30. The van der Waals surface area contributed by atoms with E-state index in [0.717, 1.165) is 32.0 Å². The van der Waals surface area contributed by atoms with Gasteiger partial charge in [-0.25, -0.2) is 0 Å². The van der Waals surface area contributed by atoms with Crippen molar-refractivity contribution in [1.82, 2.24) is 10.2 Å². The van der Waals surface area contributed by atoms with Gasteiger partial charge in [-0.15, -0.1) is 24.0 Å². The molecule has 5 heteroatoms. The molecule has 130 valence electrons. The number of halogens is 1. The number of nitrogens with zero attached hydrogens (tertiary/aromatic N) is 2. The lowest BCUT2D eigenvalue weighted by molar-refractivity contribution is 0.0201. The van der Waals surface area contributed by atoms with Gasteiger partial charge in [-0.2, -0.15) is 0 Å². The highest BCUT2D eigenvalue weighted by atomic mass is 127. The van der Waals surface area contributed by atoms with Crippen LogP contribution in [-0.2, 0) is 17.7 Å². The predicted molar refractivity (Wildman–Crippen MR) is 108 cm³/mol. The van der Waals surface area contributed by atoms with Crippen molar-refractivity contribution in [3.05, 3.63) is 35.4 Å². The Balaban J connectivity index is 0.00000264. The van der Waals surface area contributed by atoms with E-state index >= 15 is 0 Å². The first-order valence-electron chi connectivity index (χ1n) is 8.01. The molecule has 0 radical (unpaired) electrons. The van der Waals surface area contributed by atoms with Crippen LogP contribution in [0, 0.1) is 5.41 Å². The zero-order valence-corrected chi connectivity index (χ0v) is 17.3. The van der Waals surface area contributed by atoms with Crippen LogP contribution < -0.4 is 5.32 Å². The molecule has 0 fully saturated rings. The average molecular weight is 431 g/mol. The Morgan fingerprint density at radius 1 is 1.30 bits per heavy atom. The minimum absolute atomic E-state index is 0. The van der Waals surface area contributed by atoms with Gasteiger partial charge < -0.3 is 15.0 Å². The van der Waals surface area contributed by atoms with E-state index in [1.807, 2.05) is 7.05 Å². The zero-order valence-electron chi connectivity index (χ0n) is 14.9. The van der Waals surface area contributed by atoms with Crippen molar-refractivity contribution in [2.24, 2.45) is 10.4 Å². The molecule has 4 nitrogen and oxygen atoms in total. The molecule has 1 atom stereocenters. The van der Waals surface area contributed by atoms with Crippen molar-refractivity contribution in [3.63, 3.8) is 0 Å². The van der Waals surface area contributed by atoms with Gasteiger partial charge in [0.2, 0.25) is 0 Å². The Morgan fingerprint density at radius 3 is 2.52 bits per heavy atom. The highest BCUT2D eigenvalue weighted by molar-refractivity contribution is 14.0. The second kappa shape index (κ2) is 8.87. The third-order valence-corrected chi connectivity index (χ3v) is 4.34. The molecule has 2 rings (SSSR count). The molecule has 0 saturated heterocycles. The van der Waals surface area contributed by atoms with Gasteiger partial charge in [-0.05, 0) is 23.0 Å². The molecule has 1 heterocycles. The van der Waals surface area contributed by atoms with Gasteiger partial charge in [0, 0.05) is 33.8 Å². The molecule has 1 aromatic carbocycles. The lowest BCUT2D eigenvalue weighted by Crippen LogP contribution is -2.48. The van der Waals surface area contributed by atoms with E-state index < -0.39 is 0 Å². The number of benzene rings is 1. The first-order valence-corrected chi connectivity index (χ1v) is 8.01. The summed E-state index contributed by atoms with van der Waals surface area (Å²) in [5, 5.41) is 3.48. The van der Waals surface area contributed by atoms with Gasteiger partial charge in [0.15, 0.2) is 5.96 Å². The van der Waals surface area contributed by atoms with E-state index in [0.29, 0.717) is 0 Å². The summed E-state index contributed by atoms with van der Waals surface area (Å²) in [6.45, 7) is 9.28. The summed E-state index contributed by atoms with van der Waals surface area (Å²) in [5.74, 6) is 0.959.